The van der Waals surface area contributed by atoms with Gasteiger partial charge in [-0.2, -0.15) is 0 Å². The van der Waals surface area contributed by atoms with Gasteiger partial charge in [0.25, 0.3) is 5.91 Å². The van der Waals surface area contributed by atoms with Gasteiger partial charge in [0.2, 0.25) is 11.8 Å². The number of hydrogen-bond donors (Lipinski definition) is 0. The van der Waals surface area contributed by atoms with Crippen LogP contribution in [-0.2, 0) is 16.1 Å². The minimum Gasteiger partial charge on any atom is -0.278 e. The monoisotopic (exact) mass is 470 g/mol. The lowest BCUT2D eigenvalue weighted by atomic mass is 10.1. The smallest absolute Gasteiger partial charge is 0.260 e. The van der Waals surface area contributed by atoms with E-state index in [2.05, 4.69) is 18.0 Å². The number of aromatic nitrogens is 2. The molecule has 170 valence electrons. The first-order chi connectivity index (χ1) is 16.4. The lowest BCUT2D eigenvalue weighted by molar-refractivity contribution is -0.121. The van der Waals surface area contributed by atoms with Crippen molar-refractivity contribution < 1.29 is 14.4 Å². The summed E-state index contributed by atoms with van der Waals surface area (Å²) in [6, 6.07) is 16.3. The van der Waals surface area contributed by atoms with Crippen LogP contribution in [0.25, 0.3) is 10.2 Å². The van der Waals surface area contributed by atoms with Gasteiger partial charge in [0.05, 0.1) is 28.1 Å². The van der Waals surface area contributed by atoms with E-state index in [0.717, 1.165) is 31.9 Å². The van der Waals surface area contributed by atoms with Gasteiger partial charge in [-0.1, -0.05) is 23.5 Å². The highest BCUT2D eigenvalue weighted by atomic mass is 32.1. The van der Waals surface area contributed by atoms with Crippen molar-refractivity contribution >= 4 is 50.1 Å². The van der Waals surface area contributed by atoms with Gasteiger partial charge >= 0.3 is 0 Å². The Morgan fingerprint density at radius 1 is 1.00 bits per heavy atom. The summed E-state index contributed by atoms with van der Waals surface area (Å²) < 4.78 is 0.999. The molecule has 1 aliphatic heterocycles. The van der Waals surface area contributed by atoms with Gasteiger partial charge < -0.3 is 0 Å². The zero-order valence-corrected chi connectivity index (χ0v) is 19.6. The Bertz CT molecular complexity index is 1380. The minimum atomic E-state index is -0.279. The third-order valence-electron chi connectivity index (χ3n) is 5.92. The fourth-order valence-corrected chi connectivity index (χ4v) is 5.00. The highest BCUT2D eigenvalue weighted by Gasteiger charge is 2.31. The summed E-state index contributed by atoms with van der Waals surface area (Å²) in [5.74, 6) is -0.784. The Morgan fingerprint density at radius 2 is 1.76 bits per heavy atom. The summed E-state index contributed by atoms with van der Waals surface area (Å²) in [4.78, 5) is 50.1. The van der Waals surface area contributed by atoms with Crippen LogP contribution in [0.1, 0.15) is 40.0 Å². The fourth-order valence-electron chi connectivity index (χ4n) is 3.96. The van der Waals surface area contributed by atoms with Crippen molar-refractivity contribution in [1.29, 1.82) is 0 Å². The van der Waals surface area contributed by atoms with Gasteiger partial charge in [0.15, 0.2) is 5.13 Å². The maximum atomic E-state index is 13.8. The largest absolute Gasteiger partial charge is 0.278 e. The first kappa shape index (κ1) is 21.9. The van der Waals surface area contributed by atoms with Gasteiger partial charge in [0.1, 0.15) is 0 Å². The summed E-state index contributed by atoms with van der Waals surface area (Å²) in [5.41, 5.74) is 4.64. The fraction of sp³-hybridized carbons (Fsp3) is 0.192. The molecule has 34 heavy (non-hydrogen) atoms. The molecule has 0 N–H and O–H groups in total. The third-order valence-corrected chi connectivity index (χ3v) is 6.96. The number of thiazole rings is 1. The molecule has 3 heterocycles. The van der Waals surface area contributed by atoms with Gasteiger partial charge in [0, 0.05) is 24.6 Å². The van der Waals surface area contributed by atoms with Crippen LogP contribution in [-0.4, -0.2) is 27.7 Å². The molecule has 4 aromatic rings. The van der Waals surface area contributed by atoms with Crippen LogP contribution >= 0.6 is 11.3 Å². The number of nitrogens with zero attached hydrogens (tertiary/aromatic N) is 4. The summed E-state index contributed by atoms with van der Waals surface area (Å²) in [7, 11) is 0. The number of benzene rings is 2. The van der Waals surface area contributed by atoms with Crippen LogP contribution in [0.3, 0.4) is 0 Å². The number of pyridine rings is 1. The van der Waals surface area contributed by atoms with E-state index in [1.807, 2.05) is 31.2 Å². The van der Waals surface area contributed by atoms with Crippen molar-refractivity contribution in [2.24, 2.45) is 0 Å². The maximum absolute atomic E-state index is 13.8. The molecule has 3 amide bonds. The standard InChI is InChI=1S/C26H22N4O3S/c1-16-12-21-22(13-17(16)2)34-26(28-21)29(15-19-7-3-4-11-27-19)25(33)18-6-5-8-20(14-18)30-23(31)9-10-24(30)32/h3-8,11-14H,9-10,15H2,1-2H3. The number of hydrogen-bond acceptors (Lipinski definition) is 6. The topological polar surface area (TPSA) is 83.5 Å². The van der Waals surface area contributed by atoms with Crippen molar-refractivity contribution in [2.75, 3.05) is 9.80 Å². The number of imide groups is 1. The molecule has 1 aliphatic rings. The number of rotatable bonds is 5. The molecule has 0 saturated carbocycles. The van der Waals surface area contributed by atoms with Crippen molar-refractivity contribution in [1.82, 2.24) is 9.97 Å². The summed E-state index contributed by atoms with van der Waals surface area (Å²) in [6.45, 7) is 4.33. The predicted molar refractivity (Wildman–Crippen MR) is 132 cm³/mol. The SMILES string of the molecule is Cc1cc2nc(N(Cc3ccccn3)C(=O)c3cccc(N4C(=O)CCC4=O)c3)sc2cc1C. The molecule has 1 fully saturated rings. The number of anilines is 2. The second-order valence-corrected chi connectivity index (χ2v) is 9.30. The van der Waals surface area contributed by atoms with Gasteiger partial charge in [-0.05, 0) is 67.4 Å². The molecular formula is C26H22N4O3S. The Labute approximate surface area is 200 Å². The number of carbonyl (C=O) groups is 3. The van der Waals surface area contributed by atoms with E-state index in [1.54, 1.807) is 35.4 Å². The van der Waals surface area contributed by atoms with Crippen LogP contribution in [0, 0.1) is 13.8 Å². The molecule has 0 radical (unpaired) electrons. The highest BCUT2D eigenvalue weighted by molar-refractivity contribution is 7.22. The summed E-state index contributed by atoms with van der Waals surface area (Å²) >= 11 is 1.45. The van der Waals surface area contributed by atoms with Gasteiger partial charge in [-0.3, -0.25) is 29.2 Å². The van der Waals surface area contributed by atoms with E-state index in [0.29, 0.717) is 16.4 Å². The third kappa shape index (κ3) is 4.08. The van der Waals surface area contributed by atoms with E-state index in [-0.39, 0.29) is 37.1 Å². The van der Waals surface area contributed by atoms with Crippen LogP contribution in [0.2, 0.25) is 0 Å². The highest BCUT2D eigenvalue weighted by Crippen LogP contribution is 2.33. The number of aryl methyl sites for hydroxylation is 2. The van der Waals surface area contributed by atoms with Gasteiger partial charge in [-0.25, -0.2) is 4.98 Å². The Morgan fingerprint density at radius 3 is 2.50 bits per heavy atom. The van der Waals surface area contributed by atoms with Crippen LogP contribution in [0.4, 0.5) is 10.8 Å². The molecule has 2 aromatic heterocycles. The van der Waals surface area contributed by atoms with E-state index >= 15 is 0 Å². The van der Waals surface area contributed by atoms with Crippen LogP contribution in [0.5, 0.6) is 0 Å². The van der Waals surface area contributed by atoms with Gasteiger partial charge in [-0.15, -0.1) is 0 Å². The molecule has 7 nitrogen and oxygen atoms in total. The molecule has 0 bridgehead atoms. The van der Waals surface area contributed by atoms with Crippen LogP contribution in [0.15, 0.2) is 60.8 Å². The van der Waals surface area contributed by atoms with Crippen molar-refractivity contribution in [3.05, 3.63) is 83.2 Å². The molecule has 0 unspecified atom stereocenters. The summed E-state index contributed by atoms with van der Waals surface area (Å²) in [5, 5.41) is 0.564. The van der Waals surface area contributed by atoms with E-state index in [9.17, 15) is 14.4 Å². The molecule has 8 heteroatoms. The molecular weight excluding hydrogens is 448 g/mol. The van der Waals surface area contributed by atoms with Crippen molar-refractivity contribution in [3.8, 4) is 0 Å². The second kappa shape index (κ2) is 8.79. The molecule has 0 atom stereocenters. The molecule has 1 saturated heterocycles. The number of fused-ring (bicyclic) bond motifs is 1. The minimum absolute atomic E-state index is 0.188. The zero-order valence-electron chi connectivity index (χ0n) is 18.8. The molecule has 5 rings (SSSR count). The first-order valence-corrected chi connectivity index (χ1v) is 11.8. The van der Waals surface area contributed by atoms with Crippen molar-refractivity contribution in [2.45, 2.75) is 33.2 Å². The molecule has 0 spiro atoms. The molecule has 2 aromatic carbocycles. The lowest BCUT2D eigenvalue weighted by Crippen LogP contribution is -2.32. The van der Waals surface area contributed by atoms with Crippen molar-refractivity contribution in [3.63, 3.8) is 0 Å². The average molecular weight is 471 g/mol. The van der Waals surface area contributed by atoms with E-state index in [4.69, 9.17) is 4.98 Å². The Balaban J connectivity index is 1.56. The quantitative estimate of drug-likeness (QED) is 0.391. The van der Waals surface area contributed by atoms with E-state index < -0.39 is 0 Å². The number of carbonyl (C=O) groups excluding carboxylic acids is 3. The van der Waals surface area contributed by atoms with E-state index in [1.165, 1.54) is 11.3 Å². The second-order valence-electron chi connectivity index (χ2n) is 8.29. The average Bonchev–Trinajstić information content (AvgIpc) is 3.40. The zero-order chi connectivity index (χ0) is 23.8. The normalized spacial score (nSPS) is 13.6. The Hall–Kier alpha value is -3.91. The lowest BCUT2D eigenvalue weighted by Gasteiger charge is -2.21. The predicted octanol–water partition coefficient (Wildman–Crippen LogP) is 4.81. The first-order valence-electron chi connectivity index (χ1n) is 11.0. The maximum Gasteiger partial charge on any atom is 0.260 e. The summed E-state index contributed by atoms with van der Waals surface area (Å²) in [6.07, 6.45) is 2.06. The Kier molecular flexibility index (Phi) is 5.67. The number of amides is 3. The van der Waals surface area contributed by atoms with Crippen LogP contribution < -0.4 is 9.80 Å². The molecule has 0 aliphatic carbocycles.